The Balaban J connectivity index is 1.71. The van der Waals surface area contributed by atoms with Crippen molar-refractivity contribution in [3.05, 3.63) is 99.8 Å². The molecule has 5 nitrogen and oxygen atoms in total. The lowest BCUT2D eigenvalue weighted by Gasteiger charge is -2.11. The Morgan fingerprint density at radius 3 is 2.47 bits per heavy atom. The summed E-state index contributed by atoms with van der Waals surface area (Å²) >= 11 is 1.62. The highest BCUT2D eigenvalue weighted by atomic mass is 32.2. The topological polar surface area (TPSA) is 52.2 Å². The van der Waals surface area contributed by atoms with Gasteiger partial charge in [0.2, 0.25) is 5.78 Å². The minimum atomic E-state index is -0.0930. The fourth-order valence-corrected chi connectivity index (χ4v) is 4.53. The Morgan fingerprint density at radius 2 is 1.67 bits per heavy atom. The molecule has 0 fully saturated rings. The molecule has 2 heterocycles. The molecule has 0 aliphatic heterocycles. The number of aryl methyl sites for hydroxylation is 2. The molecule has 3 aromatic carbocycles. The van der Waals surface area contributed by atoms with E-state index in [1.165, 1.54) is 11.1 Å². The van der Waals surface area contributed by atoms with Crippen molar-refractivity contribution in [3.8, 4) is 5.69 Å². The van der Waals surface area contributed by atoms with Crippen molar-refractivity contribution < 1.29 is 0 Å². The predicted octanol–water partition coefficient (Wildman–Crippen LogP) is 4.94. The number of fused-ring (bicyclic) bond motifs is 3. The normalized spacial score (nSPS) is 11.4. The van der Waals surface area contributed by atoms with Crippen molar-refractivity contribution in [2.75, 3.05) is 0 Å². The van der Waals surface area contributed by atoms with Gasteiger partial charge in [-0.3, -0.25) is 9.20 Å². The zero-order valence-electron chi connectivity index (χ0n) is 16.7. The highest BCUT2D eigenvalue weighted by Gasteiger charge is 2.17. The van der Waals surface area contributed by atoms with Crippen LogP contribution in [0.3, 0.4) is 0 Å². The minimum Gasteiger partial charge on any atom is -0.268 e. The molecule has 0 saturated heterocycles. The molecule has 0 aliphatic carbocycles. The van der Waals surface area contributed by atoms with Gasteiger partial charge in [0.05, 0.1) is 16.6 Å². The van der Waals surface area contributed by atoms with Crippen LogP contribution in [0.4, 0.5) is 0 Å². The zero-order chi connectivity index (χ0) is 20.7. The average molecular weight is 413 g/mol. The van der Waals surface area contributed by atoms with Gasteiger partial charge in [0, 0.05) is 5.75 Å². The number of benzene rings is 3. The Labute approximate surface area is 178 Å². The van der Waals surface area contributed by atoms with Crippen LogP contribution in [-0.2, 0) is 5.75 Å². The number of nitrogens with zero attached hydrogens (tertiary/aromatic N) is 4. The van der Waals surface area contributed by atoms with Gasteiger partial charge in [-0.2, -0.15) is 0 Å². The summed E-state index contributed by atoms with van der Waals surface area (Å²) in [6.07, 6.45) is 0. The van der Waals surface area contributed by atoms with Crippen LogP contribution in [0, 0.1) is 13.8 Å². The molecule has 5 rings (SSSR count). The van der Waals surface area contributed by atoms with Crippen molar-refractivity contribution in [2.24, 2.45) is 0 Å². The van der Waals surface area contributed by atoms with Gasteiger partial charge in [-0.1, -0.05) is 71.4 Å². The SMILES string of the molecule is Cc1ccc(-n2c(=O)c3ccccc3n3c(SCc4cccc(C)c4)nnc23)cc1. The van der Waals surface area contributed by atoms with Crippen molar-refractivity contribution in [1.82, 2.24) is 19.2 Å². The summed E-state index contributed by atoms with van der Waals surface area (Å²) in [5, 5.41) is 10.3. The van der Waals surface area contributed by atoms with Crippen LogP contribution in [0.15, 0.2) is 82.7 Å². The summed E-state index contributed by atoms with van der Waals surface area (Å²) in [7, 11) is 0. The molecular weight excluding hydrogens is 392 g/mol. The molecule has 0 spiro atoms. The molecule has 30 heavy (non-hydrogen) atoms. The molecule has 0 bridgehead atoms. The van der Waals surface area contributed by atoms with E-state index in [0.29, 0.717) is 11.2 Å². The Bertz CT molecular complexity index is 1430. The lowest BCUT2D eigenvalue weighted by Crippen LogP contribution is -2.21. The molecule has 0 amide bonds. The number of para-hydroxylation sites is 1. The Morgan fingerprint density at radius 1 is 0.867 bits per heavy atom. The maximum Gasteiger partial charge on any atom is 0.267 e. The van der Waals surface area contributed by atoms with Crippen LogP contribution < -0.4 is 5.56 Å². The number of hydrogen-bond acceptors (Lipinski definition) is 4. The highest BCUT2D eigenvalue weighted by Crippen LogP contribution is 2.26. The summed E-state index contributed by atoms with van der Waals surface area (Å²) in [5.74, 6) is 1.30. The van der Waals surface area contributed by atoms with Gasteiger partial charge in [0.15, 0.2) is 5.16 Å². The first-order chi connectivity index (χ1) is 14.6. The maximum atomic E-state index is 13.3. The molecule has 0 atom stereocenters. The summed E-state index contributed by atoms with van der Waals surface area (Å²) in [4.78, 5) is 13.3. The lowest BCUT2D eigenvalue weighted by molar-refractivity contribution is 0.930. The van der Waals surface area contributed by atoms with Crippen molar-refractivity contribution in [1.29, 1.82) is 0 Å². The fraction of sp³-hybridized carbons (Fsp3) is 0.125. The molecule has 0 N–H and O–H groups in total. The number of aromatic nitrogens is 4. The third-order valence-electron chi connectivity index (χ3n) is 5.14. The number of hydrogen-bond donors (Lipinski definition) is 0. The summed E-state index contributed by atoms with van der Waals surface area (Å²) in [6, 6.07) is 24.0. The Hall–Kier alpha value is -3.38. The second-order valence-electron chi connectivity index (χ2n) is 7.39. The van der Waals surface area contributed by atoms with E-state index in [1.54, 1.807) is 16.3 Å². The van der Waals surface area contributed by atoms with E-state index in [9.17, 15) is 4.79 Å². The third kappa shape index (κ3) is 3.19. The van der Waals surface area contributed by atoms with Crippen molar-refractivity contribution >= 4 is 28.4 Å². The van der Waals surface area contributed by atoms with Crippen LogP contribution in [0.5, 0.6) is 0 Å². The summed E-state index contributed by atoms with van der Waals surface area (Å²) in [6.45, 7) is 4.12. The molecule has 0 unspecified atom stereocenters. The predicted molar refractivity (Wildman–Crippen MR) is 122 cm³/mol. The molecule has 0 aliphatic rings. The molecule has 6 heteroatoms. The van der Waals surface area contributed by atoms with Gasteiger partial charge in [-0.15, -0.1) is 10.2 Å². The third-order valence-corrected chi connectivity index (χ3v) is 6.14. The standard InChI is InChI=1S/C24H20N4OS/c1-16-10-12-19(13-11-16)27-22(29)20-8-3-4-9-21(20)28-23(27)25-26-24(28)30-15-18-7-5-6-17(2)14-18/h3-14H,15H2,1-2H3. The second kappa shape index (κ2) is 7.46. The molecule has 5 aromatic rings. The van der Waals surface area contributed by atoms with Crippen molar-refractivity contribution in [2.45, 2.75) is 24.8 Å². The monoisotopic (exact) mass is 412 g/mol. The smallest absolute Gasteiger partial charge is 0.267 e. The highest BCUT2D eigenvalue weighted by molar-refractivity contribution is 7.98. The molecule has 0 saturated carbocycles. The maximum absolute atomic E-state index is 13.3. The first-order valence-corrected chi connectivity index (χ1v) is 10.7. The second-order valence-corrected chi connectivity index (χ2v) is 8.33. The summed E-state index contributed by atoms with van der Waals surface area (Å²) in [5.41, 5.74) is 5.11. The van der Waals surface area contributed by atoms with Gasteiger partial charge < -0.3 is 0 Å². The molecular formula is C24H20N4OS. The Kier molecular flexibility index (Phi) is 4.64. The van der Waals surface area contributed by atoms with Gasteiger partial charge in [0.25, 0.3) is 5.56 Å². The van der Waals surface area contributed by atoms with Crippen LogP contribution in [-0.4, -0.2) is 19.2 Å². The van der Waals surface area contributed by atoms with E-state index < -0.39 is 0 Å². The largest absolute Gasteiger partial charge is 0.268 e. The number of thioether (sulfide) groups is 1. The zero-order valence-corrected chi connectivity index (χ0v) is 17.6. The van der Waals surface area contributed by atoms with Crippen LogP contribution in [0.1, 0.15) is 16.7 Å². The quantitative estimate of drug-likeness (QED) is 0.392. The average Bonchev–Trinajstić information content (AvgIpc) is 3.17. The minimum absolute atomic E-state index is 0.0930. The van der Waals surface area contributed by atoms with E-state index >= 15 is 0 Å². The molecule has 148 valence electrons. The van der Waals surface area contributed by atoms with E-state index in [4.69, 9.17) is 0 Å². The van der Waals surface area contributed by atoms with E-state index in [0.717, 1.165) is 27.7 Å². The van der Waals surface area contributed by atoms with Gasteiger partial charge >= 0.3 is 0 Å². The summed E-state index contributed by atoms with van der Waals surface area (Å²) < 4.78 is 3.63. The van der Waals surface area contributed by atoms with Gasteiger partial charge in [0.1, 0.15) is 0 Å². The molecule has 0 radical (unpaired) electrons. The van der Waals surface area contributed by atoms with E-state index in [2.05, 4.69) is 41.4 Å². The van der Waals surface area contributed by atoms with E-state index in [1.807, 2.05) is 59.9 Å². The fourth-order valence-electron chi connectivity index (χ4n) is 3.65. The van der Waals surface area contributed by atoms with Crippen LogP contribution >= 0.6 is 11.8 Å². The first-order valence-electron chi connectivity index (χ1n) is 9.76. The lowest BCUT2D eigenvalue weighted by atomic mass is 10.2. The van der Waals surface area contributed by atoms with Crippen molar-refractivity contribution in [3.63, 3.8) is 0 Å². The molecule has 2 aromatic heterocycles. The number of rotatable bonds is 4. The van der Waals surface area contributed by atoms with Gasteiger partial charge in [-0.05, 0) is 43.7 Å². The first kappa shape index (κ1) is 18.6. The van der Waals surface area contributed by atoms with Crippen LogP contribution in [0.25, 0.3) is 22.4 Å². The van der Waals surface area contributed by atoms with Gasteiger partial charge in [-0.25, -0.2) is 4.57 Å². The van der Waals surface area contributed by atoms with Crippen LogP contribution in [0.2, 0.25) is 0 Å². The van der Waals surface area contributed by atoms with E-state index in [-0.39, 0.29) is 5.56 Å².